The lowest BCUT2D eigenvalue weighted by atomic mass is 10.0. The lowest BCUT2D eigenvalue weighted by Gasteiger charge is -2.30. The van der Waals surface area contributed by atoms with Gasteiger partial charge in [-0.1, -0.05) is 46.6 Å². The van der Waals surface area contributed by atoms with Crippen molar-refractivity contribution in [1.82, 2.24) is 4.90 Å². The summed E-state index contributed by atoms with van der Waals surface area (Å²) in [5.74, 6) is 1.39. The van der Waals surface area contributed by atoms with Gasteiger partial charge in [-0.25, -0.2) is 0 Å². The quantitative estimate of drug-likeness (QED) is 0.607. The molecule has 0 aromatic carbocycles. The monoisotopic (exact) mass is 225 g/mol. The van der Waals surface area contributed by atoms with E-state index in [9.17, 15) is 0 Å². The molecule has 0 saturated carbocycles. The van der Waals surface area contributed by atoms with E-state index in [1.807, 2.05) is 0 Å². The molecule has 0 aliphatic heterocycles. The summed E-state index contributed by atoms with van der Waals surface area (Å²) < 4.78 is 0. The van der Waals surface area contributed by atoms with E-state index in [1.54, 1.807) is 0 Å². The highest BCUT2D eigenvalue weighted by Gasteiger charge is 2.11. The summed E-state index contributed by atoms with van der Waals surface area (Å²) in [6.45, 7) is 17.2. The van der Waals surface area contributed by atoms with Crippen molar-refractivity contribution in [3.05, 3.63) is 11.8 Å². The number of rotatable bonds is 7. The van der Waals surface area contributed by atoms with Gasteiger partial charge in [0, 0.05) is 12.6 Å². The van der Waals surface area contributed by atoms with E-state index in [0.717, 1.165) is 5.92 Å². The van der Waals surface area contributed by atoms with Crippen LogP contribution in [0.3, 0.4) is 0 Å². The first-order chi connectivity index (χ1) is 7.38. The van der Waals surface area contributed by atoms with Crippen LogP contribution in [0, 0.1) is 11.8 Å². The average molecular weight is 225 g/mol. The number of allylic oxidation sites excluding steroid dienone is 1. The van der Waals surface area contributed by atoms with Crippen LogP contribution in [-0.4, -0.2) is 17.5 Å². The zero-order chi connectivity index (χ0) is 12.7. The maximum Gasteiger partial charge on any atom is 0.0256 e. The van der Waals surface area contributed by atoms with E-state index in [1.165, 1.54) is 25.0 Å². The maximum atomic E-state index is 2.53. The molecule has 0 saturated heterocycles. The van der Waals surface area contributed by atoms with Crippen LogP contribution in [0.1, 0.15) is 61.3 Å². The second kappa shape index (κ2) is 7.76. The van der Waals surface area contributed by atoms with Gasteiger partial charge in [0.05, 0.1) is 0 Å². The van der Waals surface area contributed by atoms with Crippen molar-refractivity contribution in [1.29, 1.82) is 0 Å². The zero-order valence-corrected chi connectivity index (χ0v) is 12.4. The van der Waals surface area contributed by atoms with Crippen LogP contribution in [0.5, 0.6) is 0 Å². The van der Waals surface area contributed by atoms with Gasteiger partial charge in [-0.3, -0.25) is 0 Å². The summed E-state index contributed by atoms with van der Waals surface area (Å²) in [4.78, 5) is 2.53. The largest absolute Gasteiger partial charge is 0.374 e. The summed E-state index contributed by atoms with van der Waals surface area (Å²) in [5, 5.41) is 0. The number of hydrogen-bond donors (Lipinski definition) is 0. The highest BCUT2D eigenvalue weighted by atomic mass is 15.1. The van der Waals surface area contributed by atoms with Crippen LogP contribution in [-0.2, 0) is 0 Å². The Bertz CT molecular complexity index is 203. The molecule has 0 aliphatic carbocycles. The van der Waals surface area contributed by atoms with Crippen LogP contribution < -0.4 is 0 Å². The molecule has 1 atom stereocenters. The van der Waals surface area contributed by atoms with Crippen molar-refractivity contribution in [2.45, 2.75) is 67.3 Å². The topological polar surface area (TPSA) is 3.24 Å². The molecular formula is C15H31N. The Morgan fingerprint density at radius 2 is 1.69 bits per heavy atom. The first kappa shape index (κ1) is 15.5. The first-order valence-corrected chi connectivity index (χ1v) is 6.82. The van der Waals surface area contributed by atoms with Crippen molar-refractivity contribution in [2.75, 3.05) is 6.54 Å². The van der Waals surface area contributed by atoms with Crippen LogP contribution in [0.2, 0.25) is 0 Å². The lowest BCUT2D eigenvalue weighted by molar-refractivity contribution is 0.247. The Morgan fingerprint density at radius 3 is 2.06 bits per heavy atom. The van der Waals surface area contributed by atoms with Crippen LogP contribution in [0.15, 0.2) is 11.8 Å². The highest BCUT2D eigenvalue weighted by Crippen LogP contribution is 2.15. The van der Waals surface area contributed by atoms with Crippen LogP contribution in [0.25, 0.3) is 0 Å². The summed E-state index contributed by atoms with van der Waals surface area (Å²) in [6.07, 6.45) is 4.93. The molecule has 0 amide bonds. The zero-order valence-electron chi connectivity index (χ0n) is 12.4. The van der Waals surface area contributed by atoms with Gasteiger partial charge in [0.25, 0.3) is 0 Å². The molecule has 0 heterocycles. The molecule has 1 heteroatoms. The third-order valence-corrected chi connectivity index (χ3v) is 3.13. The minimum absolute atomic E-state index is 0.656. The second-order valence-electron chi connectivity index (χ2n) is 5.76. The molecule has 0 rings (SSSR count). The van der Waals surface area contributed by atoms with E-state index in [2.05, 4.69) is 59.6 Å². The number of hydrogen-bond acceptors (Lipinski definition) is 1. The van der Waals surface area contributed by atoms with E-state index in [4.69, 9.17) is 0 Å². The van der Waals surface area contributed by atoms with E-state index in [-0.39, 0.29) is 0 Å². The molecule has 0 fully saturated rings. The summed E-state index contributed by atoms with van der Waals surface area (Å²) in [6, 6.07) is 0.668. The predicted octanol–water partition coefficient (Wildman–Crippen LogP) is 4.69. The minimum atomic E-state index is 0.656. The van der Waals surface area contributed by atoms with Crippen LogP contribution >= 0.6 is 0 Å². The molecule has 0 bridgehead atoms. The van der Waals surface area contributed by atoms with Crippen molar-refractivity contribution < 1.29 is 0 Å². The smallest absolute Gasteiger partial charge is 0.0256 e. The predicted molar refractivity (Wildman–Crippen MR) is 74.5 cm³/mol. The normalized spacial score (nSPS) is 14.7. The van der Waals surface area contributed by atoms with Crippen molar-refractivity contribution >= 4 is 0 Å². The van der Waals surface area contributed by atoms with Gasteiger partial charge in [0.1, 0.15) is 0 Å². The summed E-state index contributed by atoms with van der Waals surface area (Å²) in [7, 11) is 0. The standard InChI is InChI=1S/C15H31N/c1-8-9-15(7)16(10-12(2)3)11-14(6)13(4)5/h11-13,15H,8-10H2,1-7H3/b14-11+. The fourth-order valence-electron chi connectivity index (χ4n) is 1.78. The van der Waals surface area contributed by atoms with E-state index in [0.29, 0.717) is 12.0 Å². The Hall–Kier alpha value is -0.460. The molecule has 0 N–H and O–H groups in total. The van der Waals surface area contributed by atoms with Gasteiger partial charge in [-0.15, -0.1) is 0 Å². The van der Waals surface area contributed by atoms with Crippen molar-refractivity contribution in [2.24, 2.45) is 11.8 Å². The van der Waals surface area contributed by atoms with E-state index >= 15 is 0 Å². The lowest BCUT2D eigenvalue weighted by Crippen LogP contribution is -2.32. The van der Waals surface area contributed by atoms with Gasteiger partial charge < -0.3 is 4.90 Å². The highest BCUT2D eigenvalue weighted by molar-refractivity contribution is 5.01. The van der Waals surface area contributed by atoms with Gasteiger partial charge in [0.15, 0.2) is 0 Å². The molecular weight excluding hydrogens is 194 g/mol. The SMILES string of the molecule is CCCC(C)N(/C=C(\C)C(C)C)CC(C)C. The Morgan fingerprint density at radius 1 is 1.12 bits per heavy atom. The van der Waals surface area contributed by atoms with Gasteiger partial charge >= 0.3 is 0 Å². The third-order valence-electron chi connectivity index (χ3n) is 3.13. The third kappa shape index (κ3) is 6.19. The molecule has 1 nitrogen and oxygen atoms in total. The Kier molecular flexibility index (Phi) is 7.53. The average Bonchev–Trinajstić information content (AvgIpc) is 2.16. The molecule has 96 valence electrons. The molecule has 0 radical (unpaired) electrons. The van der Waals surface area contributed by atoms with Gasteiger partial charge in [0.2, 0.25) is 0 Å². The van der Waals surface area contributed by atoms with E-state index < -0.39 is 0 Å². The molecule has 0 aliphatic rings. The fourth-order valence-corrected chi connectivity index (χ4v) is 1.78. The summed E-state index contributed by atoms with van der Waals surface area (Å²) >= 11 is 0. The van der Waals surface area contributed by atoms with Crippen molar-refractivity contribution in [3.63, 3.8) is 0 Å². The molecule has 0 spiro atoms. The summed E-state index contributed by atoms with van der Waals surface area (Å²) in [5.41, 5.74) is 1.49. The maximum absolute atomic E-state index is 2.53. The Labute approximate surface area is 103 Å². The molecule has 0 aromatic heterocycles. The van der Waals surface area contributed by atoms with Crippen molar-refractivity contribution in [3.8, 4) is 0 Å². The molecule has 1 unspecified atom stereocenters. The van der Waals surface area contributed by atoms with Gasteiger partial charge in [-0.05, 0) is 38.3 Å². The molecule has 0 aromatic rings. The molecule has 16 heavy (non-hydrogen) atoms. The van der Waals surface area contributed by atoms with Gasteiger partial charge in [-0.2, -0.15) is 0 Å². The second-order valence-corrected chi connectivity index (χ2v) is 5.76. The Balaban J connectivity index is 4.59. The first-order valence-electron chi connectivity index (χ1n) is 6.82. The fraction of sp³-hybridized carbons (Fsp3) is 0.867. The van der Waals surface area contributed by atoms with Crippen LogP contribution in [0.4, 0.5) is 0 Å². The minimum Gasteiger partial charge on any atom is -0.374 e. The number of nitrogens with zero attached hydrogens (tertiary/aromatic N) is 1.